The van der Waals surface area contributed by atoms with Crippen molar-refractivity contribution in [3.63, 3.8) is 0 Å². The largest absolute Gasteiger partial charge is 0.482 e. The molecule has 0 saturated carbocycles. The van der Waals surface area contributed by atoms with Crippen molar-refractivity contribution in [2.45, 2.75) is 19.4 Å². The van der Waals surface area contributed by atoms with Crippen LogP contribution in [0.5, 0.6) is 5.75 Å². The Hall–Kier alpha value is -4.80. The molecule has 5 heteroatoms. The molecule has 0 N–H and O–H groups in total. The van der Waals surface area contributed by atoms with E-state index < -0.39 is 5.60 Å². The first-order valence-electron chi connectivity index (χ1n) is 13.6. The van der Waals surface area contributed by atoms with Gasteiger partial charge in [0.1, 0.15) is 11.4 Å². The van der Waals surface area contributed by atoms with E-state index in [0.717, 1.165) is 39.1 Å². The molecule has 5 aromatic carbocycles. The predicted molar refractivity (Wildman–Crippen MR) is 166 cm³/mol. The van der Waals surface area contributed by atoms with Crippen LogP contribution in [0.1, 0.15) is 19.4 Å². The zero-order chi connectivity index (χ0) is 28.0. The Kier molecular flexibility index (Phi) is 6.14. The Morgan fingerprint density at radius 2 is 1.10 bits per heavy atom. The first-order chi connectivity index (χ1) is 20.0. The number of rotatable bonds is 4. The van der Waals surface area contributed by atoms with Gasteiger partial charge in [-0.2, -0.15) is 0 Å². The van der Waals surface area contributed by atoms with Gasteiger partial charge in [-0.3, -0.25) is 0 Å². The molecule has 0 spiro atoms. The van der Waals surface area contributed by atoms with Crippen molar-refractivity contribution in [1.82, 2.24) is 15.0 Å². The van der Waals surface area contributed by atoms with Gasteiger partial charge < -0.3 is 4.74 Å². The molecule has 198 valence electrons. The Morgan fingerprint density at radius 1 is 0.512 bits per heavy atom. The molecule has 0 amide bonds. The number of benzene rings is 5. The van der Waals surface area contributed by atoms with E-state index in [0.29, 0.717) is 22.5 Å². The third-order valence-corrected chi connectivity index (χ3v) is 7.68. The number of aromatic nitrogens is 3. The summed E-state index contributed by atoms with van der Waals surface area (Å²) in [4.78, 5) is 14.8. The highest BCUT2D eigenvalue weighted by molar-refractivity contribution is 6.31. The summed E-state index contributed by atoms with van der Waals surface area (Å²) in [6.45, 7) is 4.21. The summed E-state index contributed by atoms with van der Waals surface area (Å²) in [7, 11) is 0. The van der Waals surface area contributed by atoms with Gasteiger partial charge in [-0.05, 0) is 48.7 Å². The molecule has 0 fully saturated rings. The van der Waals surface area contributed by atoms with Crippen LogP contribution in [0.25, 0.3) is 56.4 Å². The third-order valence-electron chi connectivity index (χ3n) is 7.45. The zero-order valence-electron chi connectivity index (χ0n) is 22.7. The van der Waals surface area contributed by atoms with Gasteiger partial charge in [0.15, 0.2) is 17.5 Å². The average Bonchev–Trinajstić information content (AvgIpc) is 3.01. The van der Waals surface area contributed by atoms with E-state index in [1.165, 1.54) is 11.1 Å². The van der Waals surface area contributed by atoms with E-state index in [-0.39, 0.29) is 0 Å². The lowest BCUT2D eigenvalue weighted by atomic mass is 9.85. The minimum atomic E-state index is -0.450. The topological polar surface area (TPSA) is 47.9 Å². The van der Waals surface area contributed by atoms with Crippen LogP contribution < -0.4 is 4.74 Å². The number of nitrogens with zero attached hydrogens (tertiary/aromatic N) is 3. The van der Waals surface area contributed by atoms with Gasteiger partial charge in [-0.1, -0.05) is 115 Å². The fraction of sp³-hybridized carbons (Fsp3) is 0.0833. The van der Waals surface area contributed by atoms with Crippen LogP contribution in [0.15, 0.2) is 121 Å². The van der Waals surface area contributed by atoms with Crippen molar-refractivity contribution in [3.05, 3.63) is 132 Å². The second-order valence-electron chi connectivity index (χ2n) is 10.6. The van der Waals surface area contributed by atoms with E-state index in [4.69, 9.17) is 31.3 Å². The average molecular weight is 552 g/mol. The van der Waals surface area contributed by atoms with E-state index >= 15 is 0 Å². The summed E-state index contributed by atoms with van der Waals surface area (Å²) >= 11 is 6.58. The number of ether oxygens (including phenoxy) is 1. The van der Waals surface area contributed by atoms with Crippen LogP contribution in [0.3, 0.4) is 0 Å². The van der Waals surface area contributed by atoms with E-state index in [1.807, 2.05) is 78.9 Å². The Balaban J connectivity index is 1.41. The fourth-order valence-corrected chi connectivity index (χ4v) is 5.62. The van der Waals surface area contributed by atoms with Crippen molar-refractivity contribution in [2.24, 2.45) is 0 Å². The molecule has 0 saturated heterocycles. The maximum Gasteiger partial charge on any atom is 0.164 e. The first kappa shape index (κ1) is 25.2. The number of hydrogen-bond donors (Lipinski definition) is 0. The van der Waals surface area contributed by atoms with Crippen LogP contribution in [-0.4, -0.2) is 15.0 Å². The molecule has 0 unspecified atom stereocenters. The molecular weight excluding hydrogens is 526 g/mol. The molecule has 0 bridgehead atoms. The van der Waals surface area contributed by atoms with Crippen molar-refractivity contribution in [2.75, 3.05) is 0 Å². The van der Waals surface area contributed by atoms with Crippen LogP contribution >= 0.6 is 11.6 Å². The fourth-order valence-electron chi connectivity index (χ4n) is 5.45. The maximum absolute atomic E-state index is 6.58. The van der Waals surface area contributed by atoms with Crippen LogP contribution in [0, 0.1) is 0 Å². The maximum atomic E-state index is 6.58. The highest BCUT2D eigenvalue weighted by Gasteiger charge is 2.32. The second-order valence-corrected chi connectivity index (χ2v) is 11.0. The van der Waals surface area contributed by atoms with Gasteiger partial charge >= 0.3 is 0 Å². The Labute approximate surface area is 244 Å². The third kappa shape index (κ3) is 4.66. The molecule has 1 aliphatic rings. The van der Waals surface area contributed by atoms with Gasteiger partial charge in [-0.15, -0.1) is 0 Å². The summed E-state index contributed by atoms with van der Waals surface area (Å²) in [6.07, 6.45) is 0. The lowest BCUT2D eigenvalue weighted by molar-refractivity contribution is 0.106. The molecule has 41 heavy (non-hydrogen) atoms. The molecular formula is C36H26ClN3O. The molecule has 7 rings (SSSR count). The molecule has 4 nitrogen and oxygen atoms in total. The summed E-state index contributed by atoms with van der Waals surface area (Å²) in [5, 5.41) is 0.607. The Morgan fingerprint density at radius 3 is 1.78 bits per heavy atom. The summed E-state index contributed by atoms with van der Waals surface area (Å²) < 4.78 is 6.56. The number of fused-ring (bicyclic) bond motifs is 3. The second kappa shape index (κ2) is 9.99. The van der Waals surface area contributed by atoms with Crippen molar-refractivity contribution >= 4 is 11.6 Å². The van der Waals surface area contributed by atoms with Gasteiger partial charge in [0.25, 0.3) is 0 Å². The smallest absolute Gasteiger partial charge is 0.164 e. The lowest BCUT2D eigenvalue weighted by Crippen LogP contribution is -2.29. The molecule has 0 radical (unpaired) electrons. The monoisotopic (exact) mass is 551 g/mol. The Bertz CT molecular complexity index is 1840. The van der Waals surface area contributed by atoms with Gasteiger partial charge in [0.05, 0.1) is 0 Å². The van der Waals surface area contributed by atoms with E-state index in [2.05, 4.69) is 56.3 Å². The van der Waals surface area contributed by atoms with Crippen LogP contribution in [0.4, 0.5) is 0 Å². The molecule has 1 aliphatic heterocycles. The van der Waals surface area contributed by atoms with Gasteiger partial charge in [0.2, 0.25) is 0 Å². The molecule has 6 aromatic rings. The summed E-state index contributed by atoms with van der Waals surface area (Å²) in [5.41, 5.74) is 7.62. The quantitative estimate of drug-likeness (QED) is 0.219. The van der Waals surface area contributed by atoms with Crippen molar-refractivity contribution in [3.8, 4) is 62.2 Å². The van der Waals surface area contributed by atoms with Crippen LogP contribution in [-0.2, 0) is 5.60 Å². The van der Waals surface area contributed by atoms with Crippen LogP contribution in [0.2, 0.25) is 5.02 Å². The SMILES string of the molecule is CC1(C)Oc2cc(-c3ccc(Cl)cc3-c3nc(-c4ccccc4)nc(-c4ccccc4)n3)ccc2-c2ccccc21. The number of halogens is 1. The molecule has 0 aliphatic carbocycles. The first-order valence-corrected chi connectivity index (χ1v) is 13.9. The number of hydrogen-bond acceptors (Lipinski definition) is 4. The highest BCUT2D eigenvalue weighted by Crippen LogP contribution is 2.47. The minimum absolute atomic E-state index is 0.450. The van der Waals surface area contributed by atoms with Crippen molar-refractivity contribution < 1.29 is 4.74 Å². The van der Waals surface area contributed by atoms with E-state index in [9.17, 15) is 0 Å². The predicted octanol–water partition coefficient (Wildman–Crippen LogP) is 9.49. The lowest BCUT2D eigenvalue weighted by Gasteiger charge is -2.35. The summed E-state index contributed by atoms with van der Waals surface area (Å²) in [5.74, 6) is 2.61. The zero-order valence-corrected chi connectivity index (χ0v) is 23.4. The van der Waals surface area contributed by atoms with Gasteiger partial charge in [-0.25, -0.2) is 15.0 Å². The molecule has 1 aromatic heterocycles. The van der Waals surface area contributed by atoms with Crippen molar-refractivity contribution in [1.29, 1.82) is 0 Å². The standard InChI is InChI=1S/C36H26ClN3O/c1-36(2)31-16-10-9-15-28(31)29-19-17-25(21-32(29)41-36)27-20-18-26(37)22-30(27)35-39-33(23-11-5-3-6-12-23)38-34(40-35)24-13-7-4-8-14-24/h3-22H,1-2H3. The van der Waals surface area contributed by atoms with E-state index in [1.54, 1.807) is 0 Å². The van der Waals surface area contributed by atoms with Gasteiger partial charge in [0, 0.05) is 32.8 Å². The molecule has 0 atom stereocenters. The molecule has 2 heterocycles. The minimum Gasteiger partial charge on any atom is -0.482 e. The highest BCUT2D eigenvalue weighted by atomic mass is 35.5. The summed E-state index contributed by atoms with van der Waals surface area (Å²) in [6, 6.07) is 40.6. The normalized spacial score (nSPS) is 13.1.